The van der Waals surface area contributed by atoms with Gasteiger partial charge in [-0.3, -0.25) is 9.59 Å². The summed E-state index contributed by atoms with van der Waals surface area (Å²) in [6, 6.07) is 26.2. The first-order valence-electron chi connectivity index (χ1n) is 9.11. The average molecular weight is 398 g/mol. The van der Waals surface area contributed by atoms with Gasteiger partial charge in [0.05, 0.1) is 0 Å². The van der Waals surface area contributed by atoms with E-state index >= 15 is 0 Å². The number of carbonyl (C=O) groups is 2. The molecule has 0 aliphatic rings. The van der Waals surface area contributed by atoms with Gasteiger partial charge in [-0.1, -0.05) is 60.7 Å². The molecular formula is C24H18N2O2S. The number of anilines is 1. The predicted octanol–water partition coefficient (Wildman–Crippen LogP) is 5.31. The van der Waals surface area contributed by atoms with Gasteiger partial charge in [0.25, 0.3) is 11.8 Å². The SMILES string of the molecule is O=C(Nc1cccc2ccccc12)/C(=C/c1cccs1)NC(=O)c1ccccc1. The van der Waals surface area contributed by atoms with E-state index in [2.05, 4.69) is 10.6 Å². The van der Waals surface area contributed by atoms with Crippen LogP contribution < -0.4 is 10.6 Å². The highest BCUT2D eigenvalue weighted by molar-refractivity contribution is 7.10. The molecule has 0 radical (unpaired) electrons. The zero-order valence-corrected chi connectivity index (χ0v) is 16.3. The molecule has 2 amide bonds. The second-order valence-electron chi connectivity index (χ2n) is 6.37. The van der Waals surface area contributed by atoms with Crippen LogP contribution in [-0.4, -0.2) is 11.8 Å². The number of fused-ring (bicyclic) bond motifs is 1. The van der Waals surface area contributed by atoms with Crippen molar-refractivity contribution in [2.45, 2.75) is 0 Å². The number of nitrogens with one attached hydrogen (secondary N) is 2. The molecule has 1 aromatic heterocycles. The van der Waals surface area contributed by atoms with Gasteiger partial charge >= 0.3 is 0 Å². The van der Waals surface area contributed by atoms with Crippen LogP contribution in [0.15, 0.2) is 96.0 Å². The minimum atomic E-state index is -0.376. The molecule has 0 bridgehead atoms. The maximum Gasteiger partial charge on any atom is 0.272 e. The number of amides is 2. The average Bonchev–Trinajstić information content (AvgIpc) is 3.27. The normalized spacial score (nSPS) is 11.2. The largest absolute Gasteiger partial charge is 0.320 e. The van der Waals surface area contributed by atoms with E-state index in [0.29, 0.717) is 11.3 Å². The minimum absolute atomic E-state index is 0.189. The highest BCUT2D eigenvalue weighted by Crippen LogP contribution is 2.23. The summed E-state index contributed by atoms with van der Waals surface area (Å²) in [4.78, 5) is 26.6. The minimum Gasteiger partial charge on any atom is -0.320 e. The van der Waals surface area contributed by atoms with Gasteiger partial charge in [0.15, 0.2) is 0 Å². The Balaban J connectivity index is 1.64. The Morgan fingerprint density at radius 3 is 2.34 bits per heavy atom. The summed E-state index contributed by atoms with van der Waals surface area (Å²) in [6.07, 6.45) is 1.69. The molecule has 4 rings (SSSR count). The number of carbonyl (C=O) groups excluding carboxylic acids is 2. The molecule has 0 fully saturated rings. The predicted molar refractivity (Wildman–Crippen MR) is 119 cm³/mol. The molecule has 2 N–H and O–H groups in total. The summed E-state index contributed by atoms with van der Waals surface area (Å²) in [6.45, 7) is 0. The van der Waals surface area contributed by atoms with Crippen molar-refractivity contribution in [2.75, 3.05) is 5.32 Å². The van der Waals surface area contributed by atoms with Crippen molar-refractivity contribution < 1.29 is 9.59 Å². The highest BCUT2D eigenvalue weighted by Gasteiger charge is 2.16. The molecule has 0 atom stereocenters. The summed E-state index contributed by atoms with van der Waals surface area (Å²) in [5, 5.41) is 9.58. The van der Waals surface area contributed by atoms with E-state index in [-0.39, 0.29) is 17.5 Å². The molecule has 29 heavy (non-hydrogen) atoms. The van der Waals surface area contributed by atoms with Crippen LogP contribution in [0.25, 0.3) is 16.8 Å². The standard InChI is InChI=1S/C24H18N2O2S/c27-23(18-9-2-1-3-10-18)26-22(16-19-12-7-15-29-19)24(28)25-21-14-6-11-17-8-4-5-13-20(17)21/h1-16H,(H,25,28)(H,26,27)/b22-16-. The zero-order valence-electron chi connectivity index (χ0n) is 15.5. The Hall–Kier alpha value is -3.70. The van der Waals surface area contributed by atoms with Crippen LogP contribution in [-0.2, 0) is 4.79 Å². The van der Waals surface area contributed by atoms with Gasteiger partial charge < -0.3 is 10.6 Å². The maximum atomic E-state index is 13.1. The van der Waals surface area contributed by atoms with E-state index in [1.807, 2.05) is 66.0 Å². The molecule has 0 saturated heterocycles. The second-order valence-corrected chi connectivity index (χ2v) is 7.35. The lowest BCUT2D eigenvalue weighted by molar-refractivity contribution is -0.113. The van der Waals surface area contributed by atoms with Gasteiger partial charge in [0.1, 0.15) is 5.70 Å². The molecule has 4 nitrogen and oxygen atoms in total. The van der Waals surface area contributed by atoms with E-state index in [1.54, 1.807) is 30.3 Å². The van der Waals surface area contributed by atoms with Crippen LogP contribution in [0.2, 0.25) is 0 Å². The summed E-state index contributed by atoms with van der Waals surface area (Å²) in [5.74, 6) is -0.708. The van der Waals surface area contributed by atoms with Crippen molar-refractivity contribution in [3.05, 3.63) is 106 Å². The van der Waals surface area contributed by atoms with Gasteiger partial charge in [-0.25, -0.2) is 0 Å². The van der Waals surface area contributed by atoms with Crippen molar-refractivity contribution in [3.8, 4) is 0 Å². The van der Waals surface area contributed by atoms with E-state index in [4.69, 9.17) is 0 Å². The number of hydrogen-bond donors (Lipinski definition) is 2. The van der Waals surface area contributed by atoms with Gasteiger partial charge in [-0.15, -0.1) is 11.3 Å². The summed E-state index contributed by atoms with van der Waals surface area (Å²) < 4.78 is 0. The first-order chi connectivity index (χ1) is 14.2. The van der Waals surface area contributed by atoms with Crippen molar-refractivity contribution >= 4 is 45.7 Å². The molecule has 0 spiro atoms. The van der Waals surface area contributed by atoms with E-state index in [0.717, 1.165) is 15.6 Å². The lowest BCUT2D eigenvalue weighted by Crippen LogP contribution is -2.30. The topological polar surface area (TPSA) is 58.2 Å². The Morgan fingerprint density at radius 2 is 1.55 bits per heavy atom. The molecule has 0 aliphatic heterocycles. The highest BCUT2D eigenvalue weighted by atomic mass is 32.1. The number of thiophene rings is 1. The van der Waals surface area contributed by atoms with Crippen LogP contribution in [0.4, 0.5) is 5.69 Å². The van der Waals surface area contributed by atoms with Gasteiger partial charge in [0, 0.05) is 21.5 Å². The second kappa shape index (κ2) is 8.54. The third-order valence-corrected chi connectivity index (χ3v) is 5.22. The molecular weight excluding hydrogens is 380 g/mol. The van der Waals surface area contributed by atoms with Crippen molar-refractivity contribution in [1.29, 1.82) is 0 Å². The fourth-order valence-corrected chi connectivity index (χ4v) is 3.64. The first-order valence-corrected chi connectivity index (χ1v) is 9.99. The molecule has 142 valence electrons. The smallest absolute Gasteiger partial charge is 0.272 e. The third kappa shape index (κ3) is 4.42. The van der Waals surface area contributed by atoms with Crippen LogP contribution in [0, 0.1) is 0 Å². The van der Waals surface area contributed by atoms with Crippen LogP contribution >= 0.6 is 11.3 Å². The Kier molecular flexibility index (Phi) is 5.49. The molecule has 4 aromatic rings. The van der Waals surface area contributed by atoms with Gasteiger partial charge in [-0.2, -0.15) is 0 Å². The molecule has 0 saturated carbocycles. The quantitative estimate of drug-likeness (QED) is 0.448. The van der Waals surface area contributed by atoms with Gasteiger partial charge in [-0.05, 0) is 41.1 Å². The number of benzene rings is 3. The molecule has 5 heteroatoms. The Labute approximate surface area is 172 Å². The zero-order chi connectivity index (χ0) is 20.1. The Morgan fingerprint density at radius 1 is 0.793 bits per heavy atom. The summed E-state index contributed by atoms with van der Waals surface area (Å²) in [5.41, 5.74) is 1.37. The van der Waals surface area contributed by atoms with E-state index < -0.39 is 0 Å². The fourth-order valence-electron chi connectivity index (χ4n) is 2.98. The molecule has 0 unspecified atom stereocenters. The van der Waals surface area contributed by atoms with Gasteiger partial charge in [0.2, 0.25) is 0 Å². The lowest BCUT2D eigenvalue weighted by atomic mass is 10.1. The van der Waals surface area contributed by atoms with Crippen LogP contribution in [0.3, 0.4) is 0 Å². The lowest BCUT2D eigenvalue weighted by Gasteiger charge is -2.12. The molecule has 3 aromatic carbocycles. The van der Waals surface area contributed by atoms with E-state index in [9.17, 15) is 9.59 Å². The van der Waals surface area contributed by atoms with Crippen LogP contribution in [0.5, 0.6) is 0 Å². The summed E-state index contributed by atoms with van der Waals surface area (Å²) >= 11 is 1.49. The number of rotatable bonds is 5. The maximum absolute atomic E-state index is 13.1. The molecule has 0 aliphatic carbocycles. The number of hydrogen-bond acceptors (Lipinski definition) is 3. The summed E-state index contributed by atoms with van der Waals surface area (Å²) in [7, 11) is 0. The van der Waals surface area contributed by atoms with Crippen molar-refractivity contribution in [2.24, 2.45) is 0 Å². The Bertz CT molecular complexity index is 1180. The fraction of sp³-hybridized carbons (Fsp3) is 0. The first kappa shape index (κ1) is 18.7. The molecule has 1 heterocycles. The van der Waals surface area contributed by atoms with Crippen LogP contribution in [0.1, 0.15) is 15.2 Å². The van der Waals surface area contributed by atoms with Crippen molar-refractivity contribution in [3.63, 3.8) is 0 Å². The van der Waals surface area contributed by atoms with Crippen molar-refractivity contribution in [1.82, 2.24) is 5.32 Å². The van der Waals surface area contributed by atoms with E-state index in [1.165, 1.54) is 11.3 Å². The monoisotopic (exact) mass is 398 g/mol. The third-order valence-electron chi connectivity index (χ3n) is 4.40.